The number of halogens is 3. The molecule has 0 spiro atoms. The molecule has 1 rings (SSSR count). The van der Waals surface area contributed by atoms with Crippen LogP contribution in [0.2, 0.25) is 0 Å². The number of nitrogens with zero attached hydrogens (tertiary/aromatic N) is 2. The molecule has 12 heteroatoms. The minimum absolute atomic E-state index is 0.0234. The first-order valence-corrected chi connectivity index (χ1v) is 14.4. The molecule has 1 amide bonds. The Morgan fingerprint density at radius 1 is 1.15 bits per heavy atom. The van der Waals surface area contributed by atoms with Gasteiger partial charge >= 0.3 is 6.36 Å². The van der Waals surface area contributed by atoms with Gasteiger partial charge in [-0.1, -0.05) is 43.4 Å². The molecule has 0 radical (unpaired) electrons. The van der Waals surface area contributed by atoms with Gasteiger partial charge in [0.15, 0.2) is 0 Å². The number of alkyl halides is 3. The first-order chi connectivity index (χ1) is 19.4. The molecular formula is C29H43F3N6O2S. The Morgan fingerprint density at radius 2 is 1.85 bits per heavy atom. The van der Waals surface area contributed by atoms with E-state index in [2.05, 4.69) is 45.6 Å². The zero-order valence-corrected chi connectivity index (χ0v) is 25.0. The molecule has 0 aliphatic carbocycles. The third-order valence-corrected chi connectivity index (χ3v) is 6.85. The van der Waals surface area contributed by atoms with Crippen molar-refractivity contribution in [1.29, 1.82) is 0 Å². The van der Waals surface area contributed by atoms with Crippen LogP contribution in [0.5, 0.6) is 0 Å². The van der Waals surface area contributed by atoms with Gasteiger partial charge in [0.1, 0.15) is 21.6 Å². The molecule has 0 bridgehead atoms. The van der Waals surface area contributed by atoms with E-state index in [1.807, 2.05) is 6.08 Å². The fourth-order valence-electron chi connectivity index (χ4n) is 3.80. The summed E-state index contributed by atoms with van der Waals surface area (Å²) in [6.45, 7) is 13.7. The lowest BCUT2D eigenvalue weighted by molar-refractivity contribution is -0.304. The molecule has 1 aromatic rings. The zero-order valence-electron chi connectivity index (χ0n) is 24.2. The average molecular weight is 597 g/mol. The fraction of sp³-hybridized carbons (Fsp3) is 0.483. The molecule has 228 valence electrons. The van der Waals surface area contributed by atoms with E-state index < -0.39 is 18.0 Å². The average Bonchev–Trinajstić information content (AvgIpc) is 3.37. The molecule has 41 heavy (non-hydrogen) atoms. The van der Waals surface area contributed by atoms with Gasteiger partial charge in [0.05, 0.1) is 13.0 Å². The molecule has 8 nitrogen and oxygen atoms in total. The monoisotopic (exact) mass is 596 g/mol. The van der Waals surface area contributed by atoms with Gasteiger partial charge in [-0.2, -0.15) is 0 Å². The van der Waals surface area contributed by atoms with E-state index in [1.165, 1.54) is 26.0 Å². The van der Waals surface area contributed by atoms with E-state index in [4.69, 9.17) is 11.5 Å². The summed E-state index contributed by atoms with van der Waals surface area (Å²) in [6.07, 6.45) is 8.51. The normalized spacial score (nSPS) is 14.0. The summed E-state index contributed by atoms with van der Waals surface area (Å²) in [6, 6.07) is 0. The van der Waals surface area contributed by atoms with E-state index in [9.17, 15) is 18.0 Å². The maximum absolute atomic E-state index is 12.6. The number of allylic oxidation sites excluding steroid dienone is 8. The van der Waals surface area contributed by atoms with Crippen LogP contribution in [0.1, 0.15) is 75.7 Å². The number of nitrogens with two attached hydrogens (primary N) is 2. The Morgan fingerprint density at radius 3 is 2.46 bits per heavy atom. The van der Waals surface area contributed by atoms with E-state index in [1.54, 1.807) is 17.4 Å². The summed E-state index contributed by atoms with van der Waals surface area (Å²) in [5.41, 5.74) is 13.5. The largest absolute Gasteiger partial charge is 0.573 e. The number of amides is 1. The van der Waals surface area contributed by atoms with Crippen molar-refractivity contribution in [1.82, 2.24) is 20.8 Å². The predicted octanol–water partition coefficient (Wildman–Crippen LogP) is 6.38. The molecule has 6 N–H and O–H groups in total. The number of rotatable bonds is 19. The van der Waals surface area contributed by atoms with Crippen LogP contribution in [0.4, 0.5) is 13.2 Å². The van der Waals surface area contributed by atoms with Gasteiger partial charge in [0.2, 0.25) is 5.91 Å². The second-order valence-electron chi connectivity index (χ2n) is 9.35. The lowest BCUT2D eigenvalue weighted by Crippen LogP contribution is -2.28. The number of aryl methyl sites for hydroxylation is 1. The summed E-state index contributed by atoms with van der Waals surface area (Å²) < 4.78 is 41.7. The first-order valence-electron chi connectivity index (χ1n) is 13.5. The number of hydrogen-bond acceptors (Lipinski definition) is 8. The van der Waals surface area contributed by atoms with Crippen molar-refractivity contribution in [2.75, 3.05) is 0 Å². The van der Waals surface area contributed by atoms with Crippen molar-refractivity contribution in [2.24, 2.45) is 17.4 Å². The Labute approximate surface area is 245 Å². The van der Waals surface area contributed by atoms with Crippen LogP contribution in [0.3, 0.4) is 0 Å². The summed E-state index contributed by atoms with van der Waals surface area (Å²) >= 11 is 1.57. The number of aromatic nitrogens is 2. The van der Waals surface area contributed by atoms with Crippen molar-refractivity contribution in [3.63, 3.8) is 0 Å². The molecule has 0 saturated heterocycles. The number of carbonyl (C=O) groups excluding carboxylic acids is 1. The van der Waals surface area contributed by atoms with Crippen LogP contribution in [-0.4, -0.2) is 22.5 Å². The maximum atomic E-state index is 12.6. The SMILES string of the molecule is C=CC(CCC)CC(=C)NCc1nnc(CCCC/C(N)=C/C=C(\N)NC(=O)CC(=C/C)/C(=C\C)OC(F)(F)F)s1. The van der Waals surface area contributed by atoms with Gasteiger partial charge in [0, 0.05) is 17.8 Å². The van der Waals surface area contributed by atoms with E-state index >= 15 is 0 Å². The molecule has 1 aromatic heterocycles. The third kappa shape index (κ3) is 15.7. The van der Waals surface area contributed by atoms with Crippen LogP contribution in [0.15, 0.2) is 72.1 Å². The van der Waals surface area contributed by atoms with Crippen LogP contribution in [-0.2, 0) is 22.5 Å². The van der Waals surface area contributed by atoms with Crippen LogP contribution in [0, 0.1) is 5.92 Å². The summed E-state index contributed by atoms with van der Waals surface area (Å²) in [4.78, 5) is 12.2. The molecule has 1 unspecified atom stereocenters. The van der Waals surface area contributed by atoms with E-state index in [0.717, 1.165) is 60.3 Å². The number of carbonyl (C=O) groups is 1. The molecule has 0 saturated carbocycles. The van der Waals surface area contributed by atoms with Crippen molar-refractivity contribution < 1.29 is 22.7 Å². The Balaban J connectivity index is 2.43. The summed E-state index contributed by atoms with van der Waals surface area (Å²) in [5.74, 6) is -0.572. The van der Waals surface area contributed by atoms with E-state index in [0.29, 0.717) is 24.6 Å². The zero-order chi connectivity index (χ0) is 30.8. The molecule has 0 aliphatic heterocycles. The van der Waals surface area contributed by atoms with Crippen LogP contribution < -0.4 is 22.1 Å². The lowest BCUT2D eigenvalue weighted by atomic mass is 9.98. The minimum Gasteiger partial charge on any atom is -0.406 e. The molecule has 0 aromatic carbocycles. The molecular weight excluding hydrogens is 553 g/mol. The van der Waals surface area contributed by atoms with Crippen LogP contribution in [0.25, 0.3) is 0 Å². The third-order valence-electron chi connectivity index (χ3n) is 5.87. The Bertz CT molecular complexity index is 1120. The van der Waals surface area contributed by atoms with Crippen LogP contribution >= 0.6 is 11.3 Å². The van der Waals surface area contributed by atoms with Crippen molar-refractivity contribution in [3.05, 3.63) is 82.1 Å². The van der Waals surface area contributed by atoms with Gasteiger partial charge < -0.3 is 26.8 Å². The highest BCUT2D eigenvalue weighted by atomic mass is 32.1. The van der Waals surface area contributed by atoms with Crippen molar-refractivity contribution in [2.45, 2.75) is 85.0 Å². The molecule has 0 fully saturated rings. The van der Waals surface area contributed by atoms with Gasteiger partial charge in [-0.25, -0.2) is 0 Å². The standard InChI is InChI=1S/C29H43F3N6O2S/c1-6-12-21(7-2)17-20(5)35-19-28-38-37-27(41-28)14-11-10-13-23(33)15-16-25(34)36-26(39)18-22(8-3)24(9-4)40-29(30,31)32/h7-9,15-16,21,35H,2,5-6,10-14,17-19,33-34H2,1,3-4H3,(H,36,39)/b22-8-,23-15-,24-9+,25-16+. The topological polar surface area (TPSA) is 128 Å². The molecule has 1 heterocycles. The smallest absolute Gasteiger partial charge is 0.406 e. The molecule has 0 aliphatic rings. The number of hydrogen-bond donors (Lipinski definition) is 4. The highest BCUT2D eigenvalue weighted by molar-refractivity contribution is 7.11. The second-order valence-corrected chi connectivity index (χ2v) is 10.5. The summed E-state index contributed by atoms with van der Waals surface area (Å²) in [5, 5.41) is 16.1. The van der Waals surface area contributed by atoms with Crippen molar-refractivity contribution >= 4 is 17.2 Å². The number of nitrogens with one attached hydrogen (secondary N) is 2. The quantitative estimate of drug-likeness (QED) is 0.0631. The minimum atomic E-state index is -4.86. The highest BCUT2D eigenvalue weighted by Gasteiger charge is 2.33. The Kier molecular flexibility index (Phi) is 16.2. The van der Waals surface area contributed by atoms with Gasteiger partial charge in [-0.05, 0) is 75.7 Å². The Hall–Kier alpha value is -3.54. The summed E-state index contributed by atoms with van der Waals surface area (Å²) in [7, 11) is 0. The second kappa shape index (κ2) is 18.7. The highest BCUT2D eigenvalue weighted by Crippen LogP contribution is 2.26. The number of unbranched alkanes of at least 4 members (excludes halogenated alkanes) is 1. The number of ether oxygens (including phenoxy) is 1. The van der Waals surface area contributed by atoms with Crippen molar-refractivity contribution in [3.8, 4) is 0 Å². The van der Waals surface area contributed by atoms with Gasteiger partial charge in [-0.15, -0.1) is 29.9 Å². The van der Waals surface area contributed by atoms with Gasteiger partial charge in [0.25, 0.3) is 0 Å². The first kappa shape index (κ1) is 35.5. The fourth-order valence-corrected chi connectivity index (χ4v) is 4.62. The maximum Gasteiger partial charge on any atom is 0.573 e. The predicted molar refractivity (Wildman–Crippen MR) is 159 cm³/mol. The van der Waals surface area contributed by atoms with Gasteiger partial charge in [-0.3, -0.25) is 4.79 Å². The van der Waals surface area contributed by atoms with E-state index in [-0.39, 0.29) is 17.8 Å². The molecule has 1 atom stereocenters. The lowest BCUT2D eigenvalue weighted by Gasteiger charge is -2.15.